The number of nitrogens with two attached hydrogens (primary N) is 1. The summed E-state index contributed by atoms with van der Waals surface area (Å²) in [4.78, 5) is 42.4. The van der Waals surface area contributed by atoms with Gasteiger partial charge in [0.2, 0.25) is 5.95 Å². The highest BCUT2D eigenvalue weighted by atomic mass is 31.2. The van der Waals surface area contributed by atoms with Crippen LogP contribution in [0.15, 0.2) is 48.8 Å². The molecule has 0 radical (unpaired) electrons. The van der Waals surface area contributed by atoms with Gasteiger partial charge in [0, 0.05) is 12.0 Å². The van der Waals surface area contributed by atoms with E-state index in [1.807, 2.05) is 43.6 Å². The van der Waals surface area contributed by atoms with Crippen molar-refractivity contribution in [2.45, 2.75) is 70.7 Å². The number of phosphoric ester groups is 1. The summed E-state index contributed by atoms with van der Waals surface area (Å²) in [5.41, 5.74) is 7.16. The molecule has 0 amide bonds. The van der Waals surface area contributed by atoms with Gasteiger partial charge in [0.25, 0.3) is 0 Å². The molecular weight excluding hydrogens is 549 g/mol. The summed E-state index contributed by atoms with van der Waals surface area (Å²) in [6.07, 6.45) is 8.26. The van der Waals surface area contributed by atoms with E-state index in [1.54, 1.807) is 30.6 Å². The molecule has 220 valence electrons. The van der Waals surface area contributed by atoms with E-state index in [0.29, 0.717) is 35.1 Å². The molecule has 41 heavy (non-hydrogen) atoms. The maximum Gasteiger partial charge on any atom is 0.529 e. The number of hydrogen-bond acceptors (Lipinski definition) is 11. The number of hydrogen-bond donors (Lipinski definition) is 3. The van der Waals surface area contributed by atoms with Crippen LogP contribution < -0.4 is 16.1 Å². The quantitative estimate of drug-likeness (QED) is 0.165. The Morgan fingerprint density at radius 3 is 2.66 bits per heavy atom. The van der Waals surface area contributed by atoms with Crippen molar-refractivity contribution in [2.75, 3.05) is 22.7 Å². The van der Waals surface area contributed by atoms with Crippen molar-refractivity contribution < 1.29 is 28.1 Å². The van der Waals surface area contributed by atoms with Crippen LogP contribution in [0.4, 0.5) is 17.5 Å². The van der Waals surface area contributed by atoms with Gasteiger partial charge in [0.1, 0.15) is 0 Å². The minimum atomic E-state index is -4.71. The number of hydroxylamine groups is 1. The molecule has 0 bridgehead atoms. The third kappa shape index (κ3) is 7.23. The maximum atomic E-state index is 12.9. The number of aromatic nitrogens is 4. The molecule has 1 unspecified atom stereocenters. The van der Waals surface area contributed by atoms with Crippen molar-refractivity contribution in [3.8, 4) is 0 Å². The Bertz CT molecular complexity index is 1470. The number of nitrogens with one attached hydrogen (secondary N) is 1. The van der Waals surface area contributed by atoms with Gasteiger partial charge in [-0.3, -0.25) is 14.3 Å². The van der Waals surface area contributed by atoms with Gasteiger partial charge in [0.15, 0.2) is 23.0 Å². The van der Waals surface area contributed by atoms with E-state index < -0.39 is 25.4 Å². The predicted octanol–water partition coefficient (Wildman–Crippen LogP) is 4.39. The minimum Gasteiger partial charge on any atom is -0.369 e. The van der Waals surface area contributed by atoms with Gasteiger partial charge in [-0.25, -0.2) is 19.4 Å². The average Bonchev–Trinajstić information content (AvgIpc) is 3.42. The van der Waals surface area contributed by atoms with Crippen LogP contribution in [0.25, 0.3) is 11.2 Å². The zero-order valence-corrected chi connectivity index (χ0v) is 24.4. The third-order valence-electron chi connectivity index (χ3n) is 6.60. The molecule has 1 fully saturated rings. The summed E-state index contributed by atoms with van der Waals surface area (Å²) >= 11 is 0. The molecule has 4 atom stereocenters. The summed E-state index contributed by atoms with van der Waals surface area (Å²) in [5.74, 6) is -0.393. The molecule has 1 aromatic carbocycles. The van der Waals surface area contributed by atoms with Crippen LogP contribution >= 0.6 is 7.82 Å². The van der Waals surface area contributed by atoms with E-state index in [0.717, 1.165) is 12.8 Å². The highest BCUT2D eigenvalue weighted by molar-refractivity contribution is 7.48. The Morgan fingerprint density at radius 1 is 1.24 bits per heavy atom. The summed E-state index contributed by atoms with van der Waals surface area (Å²) in [5, 5.41) is 4.71. The van der Waals surface area contributed by atoms with Crippen LogP contribution in [0.1, 0.15) is 53.0 Å². The molecule has 0 aliphatic heterocycles. The number of carbonyl (C=O) groups is 1. The second-order valence-electron chi connectivity index (χ2n) is 11.3. The monoisotopic (exact) mass is 585 g/mol. The van der Waals surface area contributed by atoms with Crippen molar-refractivity contribution in [1.82, 2.24) is 19.5 Å². The van der Waals surface area contributed by atoms with E-state index in [2.05, 4.69) is 20.3 Å². The molecule has 0 saturated heterocycles. The van der Waals surface area contributed by atoms with Gasteiger partial charge < -0.3 is 20.1 Å². The minimum absolute atomic E-state index is 0.119. The normalized spacial score (nSPS) is 21.0. The van der Waals surface area contributed by atoms with E-state index in [9.17, 15) is 14.3 Å². The fourth-order valence-electron chi connectivity index (χ4n) is 4.51. The topological polar surface area (TPSA) is 167 Å². The van der Waals surface area contributed by atoms with Crippen LogP contribution in [-0.2, 0) is 23.2 Å². The van der Waals surface area contributed by atoms with Crippen LogP contribution in [-0.4, -0.2) is 54.7 Å². The lowest BCUT2D eigenvalue weighted by molar-refractivity contribution is -0.141. The van der Waals surface area contributed by atoms with E-state index >= 15 is 0 Å². The number of imidazole rings is 1. The number of nitrogens with zero attached hydrogens (tertiary/aromatic N) is 5. The molecule has 3 aromatic rings. The molecule has 2 aliphatic carbocycles. The molecule has 13 nitrogen and oxygen atoms in total. The van der Waals surface area contributed by atoms with Crippen molar-refractivity contribution in [3.63, 3.8) is 0 Å². The summed E-state index contributed by atoms with van der Waals surface area (Å²) in [6, 6.07) is 8.20. The van der Waals surface area contributed by atoms with Gasteiger partial charge in [-0.1, -0.05) is 30.4 Å². The number of nitrogen functional groups attached to an aromatic ring is 1. The number of allylic oxidation sites excluding steroid dienone is 1. The third-order valence-corrected chi connectivity index (χ3v) is 7.48. The summed E-state index contributed by atoms with van der Waals surface area (Å²) in [6.45, 7) is 6.91. The molecule has 1 saturated carbocycles. The molecular formula is C27H36N7O6P. The Labute approximate surface area is 238 Å². The molecule has 14 heteroatoms. The standard InChI is InChI=1S/C27H36N7O6P/c1-17(34(40-27(2,3)4)20-8-6-5-7-9-20)25(35)39-41(36,37)38-15-18-10-13-21(14-18)33-16-29-22-23(30-19-11-12-19)31-26(28)32-24(22)33/h5-10,13,16-19,21H,11-12,14-15H2,1-4H3,(H,36,37)(H3,28,30,31,32)/t17-,18+,21-/m0/s1. The fourth-order valence-corrected chi connectivity index (χ4v) is 5.32. The van der Waals surface area contributed by atoms with Crippen LogP contribution in [0.5, 0.6) is 0 Å². The number of para-hydroxylation sites is 1. The van der Waals surface area contributed by atoms with Crippen LogP contribution in [0, 0.1) is 5.92 Å². The number of benzene rings is 1. The second-order valence-corrected chi connectivity index (χ2v) is 12.7. The molecule has 2 aliphatic rings. The highest BCUT2D eigenvalue weighted by Gasteiger charge is 2.35. The number of anilines is 3. The van der Waals surface area contributed by atoms with E-state index in [4.69, 9.17) is 19.6 Å². The first-order valence-corrected chi connectivity index (χ1v) is 15.1. The SMILES string of the molecule is C[C@@H](C(=O)OP(=O)(O)OC[C@@H]1C=C[C@H](n2cnc3c(NC4CC4)nc(N)nc32)C1)N(OC(C)(C)C)c1ccccc1. The first kappa shape index (κ1) is 29.0. The lowest BCUT2D eigenvalue weighted by Gasteiger charge is -2.34. The molecule has 5 rings (SSSR count). The molecule has 4 N–H and O–H groups in total. The lowest BCUT2D eigenvalue weighted by Crippen LogP contribution is -2.44. The molecule has 0 spiro atoms. The van der Waals surface area contributed by atoms with E-state index in [1.165, 1.54) is 12.0 Å². The summed E-state index contributed by atoms with van der Waals surface area (Å²) in [7, 11) is -4.71. The van der Waals surface area contributed by atoms with Crippen molar-refractivity contribution in [2.24, 2.45) is 5.92 Å². The Balaban J connectivity index is 1.19. The van der Waals surface area contributed by atoms with Gasteiger partial charge in [0.05, 0.1) is 30.3 Å². The predicted molar refractivity (Wildman–Crippen MR) is 154 cm³/mol. The van der Waals surface area contributed by atoms with Crippen molar-refractivity contribution in [1.29, 1.82) is 0 Å². The average molecular weight is 586 g/mol. The van der Waals surface area contributed by atoms with Crippen molar-refractivity contribution >= 4 is 42.4 Å². The number of fused-ring (bicyclic) bond motifs is 1. The molecule has 2 heterocycles. The Kier molecular flexibility index (Phi) is 8.06. The largest absolute Gasteiger partial charge is 0.529 e. The Morgan fingerprint density at radius 2 is 1.98 bits per heavy atom. The van der Waals surface area contributed by atoms with Crippen LogP contribution in [0.2, 0.25) is 0 Å². The maximum absolute atomic E-state index is 12.9. The smallest absolute Gasteiger partial charge is 0.369 e. The lowest BCUT2D eigenvalue weighted by atomic mass is 10.1. The zero-order chi connectivity index (χ0) is 29.4. The first-order chi connectivity index (χ1) is 19.4. The molecule has 2 aromatic heterocycles. The van der Waals surface area contributed by atoms with Crippen LogP contribution in [0.3, 0.4) is 0 Å². The summed E-state index contributed by atoms with van der Waals surface area (Å²) < 4.78 is 24.8. The second kappa shape index (κ2) is 11.4. The fraction of sp³-hybridized carbons (Fsp3) is 0.481. The van der Waals surface area contributed by atoms with Gasteiger partial charge >= 0.3 is 13.8 Å². The Hall–Kier alpha value is -3.51. The zero-order valence-electron chi connectivity index (χ0n) is 23.5. The number of rotatable bonds is 11. The van der Waals surface area contributed by atoms with Gasteiger partial charge in [-0.2, -0.15) is 9.97 Å². The number of phosphoric acid groups is 1. The number of carbonyl (C=O) groups excluding carboxylic acids is 1. The highest BCUT2D eigenvalue weighted by Crippen LogP contribution is 2.45. The van der Waals surface area contributed by atoms with Gasteiger partial charge in [-0.15, -0.1) is 0 Å². The van der Waals surface area contributed by atoms with Crippen molar-refractivity contribution in [3.05, 3.63) is 48.8 Å². The first-order valence-electron chi connectivity index (χ1n) is 13.6. The van der Waals surface area contributed by atoms with E-state index in [-0.39, 0.29) is 24.5 Å². The van der Waals surface area contributed by atoms with Gasteiger partial charge in [-0.05, 0) is 59.1 Å².